The average molecular weight is 482 g/mol. The van der Waals surface area contributed by atoms with Gasteiger partial charge in [-0.25, -0.2) is 9.59 Å². The molecule has 0 aliphatic heterocycles. The van der Waals surface area contributed by atoms with Gasteiger partial charge in [-0.3, -0.25) is 9.59 Å². The molecule has 0 saturated carbocycles. The molecule has 2 amide bonds. The summed E-state index contributed by atoms with van der Waals surface area (Å²) in [5, 5.41) is 29.4. The molecule has 12 heteroatoms. The van der Waals surface area contributed by atoms with Crippen molar-refractivity contribution in [3.63, 3.8) is 0 Å². The second kappa shape index (κ2) is 18.0. The van der Waals surface area contributed by atoms with Crippen LogP contribution in [0.15, 0.2) is 0 Å². The van der Waals surface area contributed by atoms with Crippen LogP contribution in [0.2, 0.25) is 0 Å². The van der Waals surface area contributed by atoms with Crippen LogP contribution in [-0.2, 0) is 19.1 Å². The molecule has 0 aliphatic carbocycles. The second-order valence-electron chi connectivity index (χ2n) is 8.88. The first-order valence-electron chi connectivity index (χ1n) is 10.6. The molecular weight excluding hydrogens is 438 g/mol. The number of aliphatic hydroxyl groups excluding tert-OH is 2. The fourth-order valence-electron chi connectivity index (χ4n) is 1.58. The highest BCUT2D eigenvalue weighted by Gasteiger charge is 2.21. The first-order chi connectivity index (χ1) is 14.9. The van der Waals surface area contributed by atoms with Gasteiger partial charge in [0, 0.05) is 19.6 Å². The number of ketones is 1. The molecule has 0 aromatic heterocycles. The molecule has 7 N–H and O–H groups in total. The molecule has 2 atom stereocenters. The van der Waals surface area contributed by atoms with Crippen LogP contribution in [0, 0.1) is 0 Å². The molecule has 0 aliphatic rings. The number of carbonyl (C=O) groups is 4. The maximum absolute atomic E-state index is 11.4. The molecule has 33 heavy (non-hydrogen) atoms. The zero-order chi connectivity index (χ0) is 26.8. The van der Waals surface area contributed by atoms with Crippen LogP contribution in [0.5, 0.6) is 0 Å². The third-order valence-electron chi connectivity index (χ3n) is 3.03. The molecular formula is C21H43N3O9. The minimum absolute atomic E-state index is 0.0229. The number of aliphatic hydroxyl groups is 2. The van der Waals surface area contributed by atoms with Crippen molar-refractivity contribution in [3.05, 3.63) is 0 Å². The number of Topliss-reactive ketones (excluding diaryl/α,β-unsaturated/α-hetero) is 1. The lowest BCUT2D eigenvalue weighted by Gasteiger charge is -2.21. The van der Waals surface area contributed by atoms with Gasteiger partial charge in [0.25, 0.3) is 0 Å². The Hall–Kier alpha value is -2.44. The van der Waals surface area contributed by atoms with Crippen LogP contribution in [0.3, 0.4) is 0 Å². The van der Waals surface area contributed by atoms with Gasteiger partial charge in [0.1, 0.15) is 17.2 Å². The zero-order valence-electron chi connectivity index (χ0n) is 21.1. The summed E-state index contributed by atoms with van der Waals surface area (Å²) >= 11 is 0. The topological polar surface area (TPSA) is 198 Å². The van der Waals surface area contributed by atoms with Gasteiger partial charge in [-0.15, -0.1) is 0 Å². The van der Waals surface area contributed by atoms with E-state index < -0.39 is 41.4 Å². The van der Waals surface area contributed by atoms with Crippen LogP contribution in [0.4, 0.5) is 9.59 Å². The van der Waals surface area contributed by atoms with E-state index in [0.717, 1.165) is 0 Å². The van der Waals surface area contributed by atoms with E-state index in [4.69, 9.17) is 30.5 Å². The maximum atomic E-state index is 11.4. The number of amides is 2. The van der Waals surface area contributed by atoms with E-state index in [-0.39, 0.29) is 25.4 Å². The average Bonchev–Trinajstić information content (AvgIpc) is 2.63. The van der Waals surface area contributed by atoms with Gasteiger partial charge in [-0.05, 0) is 61.8 Å². The summed E-state index contributed by atoms with van der Waals surface area (Å²) in [6, 6.07) is -1.52. The largest absolute Gasteiger partial charge is 0.480 e. The Kier molecular flexibility index (Phi) is 19.2. The summed E-state index contributed by atoms with van der Waals surface area (Å²) < 4.78 is 9.86. The molecule has 0 saturated heterocycles. The lowest BCUT2D eigenvalue weighted by molar-refractivity contribution is -0.139. The molecule has 0 radical (unpaired) electrons. The lowest BCUT2D eigenvalue weighted by Crippen LogP contribution is -2.41. The highest BCUT2D eigenvalue weighted by Crippen LogP contribution is 2.07. The van der Waals surface area contributed by atoms with Gasteiger partial charge in [-0.2, -0.15) is 0 Å². The van der Waals surface area contributed by atoms with Crippen LogP contribution in [0.1, 0.15) is 68.2 Å². The van der Waals surface area contributed by atoms with Crippen molar-refractivity contribution in [2.24, 2.45) is 5.73 Å². The lowest BCUT2D eigenvalue weighted by atomic mass is 10.1. The first kappa shape index (κ1) is 35.2. The van der Waals surface area contributed by atoms with Gasteiger partial charge in [0.2, 0.25) is 0 Å². The quantitative estimate of drug-likeness (QED) is 0.292. The number of ether oxygens (including phenoxy) is 2. The standard InChI is InChI=1S/C11H21NO4.C8H15NO4.C2H7NO/c1-8(9(14)6-5-7-13)12-10(15)16-11(2,3)4;1-5(6(10)11)9-7(12)13-8(2,3)4;3-1-2-4/h8,13H,5-7H2,1-4H3,(H,12,15);5H,1-4H3,(H,9,12)(H,10,11);4H,1-3H2/t8-;5-;/m11./s1. The number of carboxylic acids is 1. The Morgan fingerprint density at radius 2 is 1.18 bits per heavy atom. The van der Waals surface area contributed by atoms with Gasteiger partial charge in [0.05, 0.1) is 12.6 Å². The van der Waals surface area contributed by atoms with E-state index in [0.29, 0.717) is 13.0 Å². The van der Waals surface area contributed by atoms with Crippen molar-refractivity contribution in [3.8, 4) is 0 Å². The van der Waals surface area contributed by atoms with Crippen LogP contribution in [-0.4, -0.2) is 82.3 Å². The van der Waals surface area contributed by atoms with Crippen molar-refractivity contribution in [1.82, 2.24) is 10.6 Å². The molecule has 0 fully saturated rings. The van der Waals surface area contributed by atoms with E-state index in [1.165, 1.54) is 6.92 Å². The highest BCUT2D eigenvalue weighted by molar-refractivity contribution is 5.87. The number of hydrogen-bond donors (Lipinski definition) is 6. The normalized spacial score (nSPS) is 12.5. The minimum atomic E-state index is -1.09. The molecule has 0 rings (SSSR count). The summed E-state index contributed by atoms with van der Waals surface area (Å²) in [5.41, 5.74) is 3.60. The van der Waals surface area contributed by atoms with Crippen molar-refractivity contribution >= 4 is 23.9 Å². The highest BCUT2D eigenvalue weighted by atomic mass is 16.6. The van der Waals surface area contributed by atoms with Crippen LogP contribution in [0.25, 0.3) is 0 Å². The Labute approximate surface area is 196 Å². The van der Waals surface area contributed by atoms with Gasteiger partial charge in [0.15, 0.2) is 5.78 Å². The fraction of sp³-hybridized carbons (Fsp3) is 0.810. The number of alkyl carbamates (subject to hydrolysis) is 2. The number of rotatable bonds is 8. The smallest absolute Gasteiger partial charge is 0.408 e. The number of hydrogen-bond acceptors (Lipinski definition) is 9. The van der Waals surface area contributed by atoms with Crippen LogP contribution >= 0.6 is 0 Å². The minimum Gasteiger partial charge on any atom is -0.480 e. The molecule has 0 aromatic rings. The maximum Gasteiger partial charge on any atom is 0.408 e. The number of nitrogens with two attached hydrogens (primary N) is 1. The SMILES string of the molecule is C[C@@H](NC(=O)OC(C)(C)C)C(=O)CCCO.C[C@@H](NC(=O)OC(C)(C)C)C(=O)O.NCCO. The second-order valence-corrected chi connectivity index (χ2v) is 8.88. The van der Waals surface area contributed by atoms with E-state index in [1.807, 2.05) is 0 Å². The third-order valence-corrected chi connectivity index (χ3v) is 3.03. The van der Waals surface area contributed by atoms with E-state index in [1.54, 1.807) is 48.5 Å². The summed E-state index contributed by atoms with van der Waals surface area (Å²) in [6.45, 7) is 13.8. The Bertz CT molecular complexity index is 583. The fourth-order valence-corrected chi connectivity index (χ4v) is 1.58. The summed E-state index contributed by atoms with van der Waals surface area (Å²) in [5.74, 6) is -1.20. The summed E-state index contributed by atoms with van der Waals surface area (Å²) in [4.78, 5) is 44.0. The molecule has 0 unspecified atom stereocenters. The Morgan fingerprint density at radius 1 is 0.818 bits per heavy atom. The molecule has 12 nitrogen and oxygen atoms in total. The molecule has 196 valence electrons. The van der Waals surface area contributed by atoms with E-state index in [9.17, 15) is 19.2 Å². The molecule has 0 spiro atoms. The number of aliphatic carboxylic acids is 1. The van der Waals surface area contributed by atoms with E-state index in [2.05, 4.69) is 10.6 Å². The monoisotopic (exact) mass is 481 g/mol. The number of nitrogens with one attached hydrogen (secondary N) is 2. The summed E-state index contributed by atoms with van der Waals surface area (Å²) in [6.07, 6.45) is -0.646. The molecule has 0 heterocycles. The predicted octanol–water partition coefficient (Wildman–Crippen LogP) is 1.16. The van der Waals surface area contributed by atoms with Gasteiger partial charge >= 0.3 is 18.2 Å². The van der Waals surface area contributed by atoms with Crippen molar-refractivity contribution in [1.29, 1.82) is 0 Å². The van der Waals surface area contributed by atoms with Gasteiger partial charge in [-0.1, -0.05) is 0 Å². The predicted molar refractivity (Wildman–Crippen MR) is 123 cm³/mol. The van der Waals surface area contributed by atoms with Gasteiger partial charge < -0.3 is 41.2 Å². The zero-order valence-corrected chi connectivity index (χ0v) is 21.1. The number of carbonyl (C=O) groups excluding carboxylic acids is 3. The Balaban J connectivity index is -0.000000476. The summed E-state index contributed by atoms with van der Waals surface area (Å²) in [7, 11) is 0. The van der Waals surface area contributed by atoms with E-state index >= 15 is 0 Å². The molecule has 0 bridgehead atoms. The third kappa shape index (κ3) is 27.5. The van der Waals surface area contributed by atoms with Crippen LogP contribution < -0.4 is 16.4 Å². The van der Waals surface area contributed by atoms with Crippen molar-refractivity contribution < 1.29 is 44.0 Å². The number of carboxylic acid groups (broad SMARTS) is 1. The first-order valence-corrected chi connectivity index (χ1v) is 10.6. The molecule has 0 aromatic carbocycles. The Morgan fingerprint density at radius 3 is 1.45 bits per heavy atom. The van der Waals surface area contributed by atoms with Crippen molar-refractivity contribution in [2.75, 3.05) is 19.8 Å². The van der Waals surface area contributed by atoms with Crippen molar-refractivity contribution in [2.45, 2.75) is 91.5 Å².